The third-order valence-electron chi connectivity index (χ3n) is 4.76. The topological polar surface area (TPSA) is 70.8 Å². The molecule has 0 aliphatic carbocycles. The van der Waals surface area contributed by atoms with Gasteiger partial charge in [0.15, 0.2) is 10.9 Å². The van der Waals surface area contributed by atoms with E-state index in [9.17, 15) is 4.79 Å². The summed E-state index contributed by atoms with van der Waals surface area (Å²) >= 11 is 1.71. The van der Waals surface area contributed by atoms with Crippen LogP contribution in [0, 0.1) is 0 Å². The number of rotatable bonds is 7. The Bertz CT molecular complexity index is 917. The van der Waals surface area contributed by atoms with Crippen molar-refractivity contribution >= 4 is 32.6 Å². The van der Waals surface area contributed by atoms with Gasteiger partial charge in [-0.2, -0.15) is 0 Å². The zero-order chi connectivity index (χ0) is 19.3. The van der Waals surface area contributed by atoms with Gasteiger partial charge in [-0.25, -0.2) is 4.98 Å². The molecule has 0 bridgehead atoms. The van der Waals surface area contributed by atoms with Crippen LogP contribution in [0.3, 0.4) is 0 Å². The van der Waals surface area contributed by atoms with Crippen molar-refractivity contribution in [1.29, 1.82) is 0 Å². The summed E-state index contributed by atoms with van der Waals surface area (Å²) in [5, 5.41) is 3.96. The Balaban J connectivity index is 1.27. The third-order valence-corrected chi connectivity index (χ3v) is 5.84. The summed E-state index contributed by atoms with van der Waals surface area (Å²) in [6, 6.07) is 9.46. The molecule has 1 aliphatic heterocycles. The highest BCUT2D eigenvalue weighted by Crippen LogP contribution is 2.31. The predicted octanol–water partition coefficient (Wildman–Crippen LogP) is 2.84. The summed E-state index contributed by atoms with van der Waals surface area (Å²) in [6.45, 7) is 7.88. The number of aromatic nitrogens is 1. The molecule has 1 aromatic carbocycles. The molecule has 3 heterocycles. The molecular weight excluding hydrogens is 376 g/mol. The number of piperazine rings is 1. The van der Waals surface area contributed by atoms with Crippen molar-refractivity contribution in [2.45, 2.75) is 6.92 Å². The molecule has 1 aliphatic rings. The number of hydrogen-bond donors (Lipinski definition) is 1. The first-order valence-electron chi connectivity index (χ1n) is 9.55. The summed E-state index contributed by atoms with van der Waals surface area (Å²) in [5.41, 5.74) is 1.02. The van der Waals surface area contributed by atoms with Crippen LogP contribution >= 0.6 is 11.3 Å². The van der Waals surface area contributed by atoms with Gasteiger partial charge in [0.05, 0.1) is 23.1 Å². The number of ether oxygens (including phenoxy) is 1. The van der Waals surface area contributed by atoms with E-state index in [0.717, 1.165) is 53.8 Å². The number of nitrogens with zero attached hydrogens (tertiary/aromatic N) is 3. The molecule has 4 rings (SSSR count). The lowest BCUT2D eigenvalue weighted by Gasteiger charge is -2.34. The molecule has 1 amide bonds. The second-order valence-corrected chi connectivity index (χ2v) is 7.63. The lowest BCUT2D eigenvalue weighted by molar-refractivity contribution is 0.0920. The Kier molecular flexibility index (Phi) is 5.78. The molecule has 2 aromatic heterocycles. The molecule has 148 valence electrons. The highest BCUT2D eigenvalue weighted by molar-refractivity contribution is 7.22. The normalized spacial score (nSPS) is 15.1. The Morgan fingerprint density at radius 2 is 2.14 bits per heavy atom. The number of nitrogens with one attached hydrogen (secondary N) is 1. The van der Waals surface area contributed by atoms with E-state index in [4.69, 9.17) is 14.1 Å². The van der Waals surface area contributed by atoms with Gasteiger partial charge in [0.1, 0.15) is 5.75 Å². The summed E-state index contributed by atoms with van der Waals surface area (Å²) < 4.78 is 11.8. The molecule has 8 heteroatoms. The SMILES string of the molecule is CCOc1ccc2nc(N3CCN(CCNC(=O)c4ccco4)CC3)sc2c1. The van der Waals surface area contributed by atoms with Gasteiger partial charge in [-0.05, 0) is 37.3 Å². The van der Waals surface area contributed by atoms with Crippen molar-refractivity contribution in [3.05, 3.63) is 42.4 Å². The largest absolute Gasteiger partial charge is 0.494 e. The number of hydrogen-bond acceptors (Lipinski definition) is 7. The van der Waals surface area contributed by atoms with Crippen LogP contribution in [0.2, 0.25) is 0 Å². The van der Waals surface area contributed by atoms with Gasteiger partial charge in [0.25, 0.3) is 5.91 Å². The molecule has 7 nitrogen and oxygen atoms in total. The first kappa shape index (κ1) is 18.8. The van der Waals surface area contributed by atoms with E-state index in [1.165, 1.54) is 6.26 Å². The molecular formula is C20H24N4O3S. The van der Waals surface area contributed by atoms with Crippen molar-refractivity contribution in [3.8, 4) is 5.75 Å². The molecule has 0 unspecified atom stereocenters. The first-order valence-corrected chi connectivity index (χ1v) is 10.4. The van der Waals surface area contributed by atoms with Gasteiger partial charge < -0.3 is 19.4 Å². The van der Waals surface area contributed by atoms with E-state index >= 15 is 0 Å². The van der Waals surface area contributed by atoms with E-state index in [0.29, 0.717) is 18.9 Å². The van der Waals surface area contributed by atoms with Gasteiger partial charge >= 0.3 is 0 Å². The maximum atomic E-state index is 11.9. The number of furan rings is 1. The summed E-state index contributed by atoms with van der Waals surface area (Å²) in [5.74, 6) is 1.09. The number of carbonyl (C=O) groups is 1. The summed E-state index contributed by atoms with van der Waals surface area (Å²) in [7, 11) is 0. The van der Waals surface area contributed by atoms with Crippen LogP contribution in [0.25, 0.3) is 10.2 Å². The molecule has 1 saturated heterocycles. The molecule has 0 spiro atoms. The van der Waals surface area contributed by atoms with Crippen molar-refractivity contribution in [2.75, 3.05) is 50.8 Å². The number of carbonyl (C=O) groups excluding carboxylic acids is 1. The number of fused-ring (bicyclic) bond motifs is 1. The van der Waals surface area contributed by atoms with Gasteiger partial charge in [-0.3, -0.25) is 9.69 Å². The molecule has 28 heavy (non-hydrogen) atoms. The van der Waals surface area contributed by atoms with Gasteiger partial charge in [0.2, 0.25) is 0 Å². The lowest BCUT2D eigenvalue weighted by Crippen LogP contribution is -2.48. The van der Waals surface area contributed by atoms with Gasteiger partial charge in [-0.15, -0.1) is 0 Å². The van der Waals surface area contributed by atoms with Crippen LogP contribution in [-0.2, 0) is 0 Å². The number of benzene rings is 1. The quantitative estimate of drug-likeness (QED) is 0.658. The fourth-order valence-corrected chi connectivity index (χ4v) is 4.32. The monoisotopic (exact) mass is 400 g/mol. The van der Waals surface area contributed by atoms with Crippen molar-refractivity contribution in [1.82, 2.24) is 15.2 Å². The average molecular weight is 401 g/mol. The highest BCUT2D eigenvalue weighted by atomic mass is 32.1. The maximum absolute atomic E-state index is 11.9. The van der Waals surface area contributed by atoms with Crippen LogP contribution in [0.15, 0.2) is 41.0 Å². The fourth-order valence-electron chi connectivity index (χ4n) is 3.27. The van der Waals surface area contributed by atoms with Crippen LogP contribution < -0.4 is 15.0 Å². The van der Waals surface area contributed by atoms with Crippen LogP contribution in [0.5, 0.6) is 5.75 Å². The maximum Gasteiger partial charge on any atom is 0.287 e. The van der Waals surface area contributed by atoms with Crippen molar-refractivity contribution in [3.63, 3.8) is 0 Å². The first-order chi connectivity index (χ1) is 13.7. The van der Waals surface area contributed by atoms with Gasteiger partial charge in [0, 0.05) is 39.3 Å². The third kappa shape index (κ3) is 4.28. The Hall–Kier alpha value is -2.58. The zero-order valence-corrected chi connectivity index (χ0v) is 16.7. The number of thiazole rings is 1. The molecule has 0 saturated carbocycles. The van der Waals surface area contributed by atoms with Crippen molar-refractivity contribution in [2.24, 2.45) is 0 Å². The minimum absolute atomic E-state index is 0.162. The summed E-state index contributed by atoms with van der Waals surface area (Å²) in [6.07, 6.45) is 1.51. The standard InChI is InChI=1S/C20H24N4O3S/c1-2-26-15-5-6-16-18(14-15)28-20(22-16)24-11-9-23(10-12-24)8-7-21-19(25)17-4-3-13-27-17/h3-6,13-14H,2,7-12H2,1H3,(H,21,25). The van der Waals surface area contributed by atoms with E-state index in [1.807, 2.05) is 19.1 Å². The second kappa shape index (κ2) is 8.62. The Labute approximate surface area is 167 Å². The lowest BCUT2D eigenvalue weighted by atomic mass is 10.3. The number of anilines is 1. The number of amides is 1. The smallest absolute Gasteiger partial charge is 0.287 e. The van der Waals surface area contributed by atoms with E-state index < -0.39 is 0 Å². The predicted molar refractivity (Wildman–Crippen MR) is 110 cm³/mol. The Morgan fingerprint density at radius 1 is 1.29 bits per heavy atom. The van der Waals surface area contributed by atoms with Gasteiger partial charge in [-0.1, -0.05) is 11.3 Å². The second-order valence-electron chi connectivity index (χ2n) is 6.62. The fraction of sp³-hybridized carbons (Fsp3) is 0.400. The minimum Gasteiger partial charge on any atom is -0.494 e. The molecule has 0 radical (unpaired) electrons. The minimum atomic E-state index is -0.162. The average Bonchev–Trinajstić information content (AvgIpc) is 3.38. The van der Waals surface area contributed by atoms with E-state index in [2.05, 4.69) is 21.2 Å². The Morgan fingerprint density at radius 3 is 2.89 bits per heavy atom. The molecule has 1 N–H and O–H groups in total. The van der Waals surface area contributed by atoms with Crippen LogP contribution in [-0.4, -0.2) is 61.7 Å². The zero-order valence-electron chi connectivity index (χ0n) is 15.9. The van der Waals surface area contributed by atoms with Crippen LogP contribution in [0.1, 0.15) is 17.5 Å². The summed E-state index contributed by atoms with van der Waals surface area (Å²) in [4.78, 5) is 21.4. The molecule has 3 aromatic rings. The molecule has 1 fully saturated rings. The van der Waals surface area contributed by atoms with E-state index in [1.54, 1.807) is 23.5 Å². The van der Waals surface area contributed by atoms with Crippen LogP contribution in [0.4, 0.5) is 5.13 Å². The van der Waals surface area contributed by atoms with E-state index in [-0.39, 0.29) is 5.91 Å². The highest BCUT2D eigenvalue weighted by Gasteiger charge is 2.20. The molecule has 0 atom stereocenters. The van der Waals surface area contributed by atoms with Crippen molar-refractivity contribution < 1.29 is 13.9 Å².